The molecule has 2 aliphatic rings. The van der Waals surface area contributed by atoms with E-state index in [1.54, 1.807) is 13.0 Å². The predicted octanol–water partition coefficient (Wildman–Crippen LogP) is 2.66. The average Bonchev–Trinajstić information content (AvgIpc) is 2.89. The molecule has 1 aliphatic carbocycles. The molecule has 0 bridgehead atoms. The Hall–Kier alpha value is -2.64. The largest absolute Gasteiger partial charge is 0.494 e. The molecule has 1 atom stereocenters. The van der Waals surface area contributed by atoms with E-state index < -0.39 is 23.4 Å². The summed E-state index contributed by atoms with van der Waals surface area (Å²) >= 11 is 0. The van der Waals surface area contributed by atoms with Gasteiger partial charge < -0.3 is 15.4 Å². The highest BCUT2D eigenvalue weighted by Gasteiger charge is 2.51. The average molecular weight is 391 g/mol. The van der Waals surface area contributed by atoms with Gasteiger partial charge in [-0.25, -0.2) is 9.18 Å². The summed E-state index contributed by atoms with van der Waals surface area (Å²) in [6.45, 7) is 1.77. The van der Waals surface area contributed by atoms with Crippen LogP contribution >= 0.6 is 0 Å². The van der Waals surface area contributed by atoms with Gasteiger partial charge in [-0.15, -0.1) is 0 Å². The third-order valence-corrected chi connectivity index (χ3v) is 5.57. The number of ether oxygens (including phenoxy) is 1. The fourth-order valence-electron chi connectivity index (χ4n) is 3.94. The van der Waals surface area contributed by atoms with E-state index in [9.17, 15) is 18.8 Å². The second-order valence-corrected chi connectivity index (χ2v) is 7.46. The van der Waals surface area contributed by atoms with Crippen molar-refractivity contribution >= 4 is 17.8 Å². The Bertz CT molecular complexity index is 777. The van der Waals surface area contributed by atoms with Crippen LogP contribution in [-0.4, -0.2) is 41.9 Å². The molecule has 8 heteroatoms. The van der Waals surface area contributed by atoms with Crippen molar-refractivity contribution in [3.05, 3.63) is 29.6 Å². The van der Waals surface area contributed by atoms with Gasteiger partial charge in [-0.1, -0.05) is 25.3 Å². The molecule has 1 aliphatic heterocycles. The minimum atomic E-state index is -0.778. The van der Waals surface area contributed by atoms with Gasteiger partial charge in [-0.2, -0.15) is 0 Å². The van der Waals surface area contributed by atoms with E-state index in [4.69, 9.17) is 4.74 Å². The van der Waals surface area contributed by atoms with Crippen molar-refractivity contribution in [1.82, 2.24) is 15.5 Å². The molecule has 1 saturated carbocycles. The molecule has 1 heterocycles. The Labute approximate surface area is 163 Å². The molecule has 0 radical (unpaired) electrons. The molecule has 1 unspecified atom stereocenters. The number of carbonyl (C=O) groups is 3. The zero-order valence-electron chi connectivity index (χ0n) is 16.2. The van der Waals surface area contributed by atoms with Crippen LogP contribution in [0.4, 0.5) is 9.18 Å². The first-order valence-electron chi connectivity index (χ1n) is 9.63. The van der Waals surface area contributed by atoms with Crippen molar-refractivity contribution in [3.8, 4) is 5.75 Å². The smallest absolute Gasteiger partial charge is 0.325 e. The van der Waals surface area contributed by atoms with Crippen molar-refractivity contribution in [1.29, 1.82) is 0 Å². The number of nitrogens with zero attached hydrogens (tertiary/aromatic N) is 1. The van der Waals surface area contributed by atoms with Crippen LogP contribution in [0.3, 0.4) is 0 Å². The standard InChI is InChI=1S/C20H26FN3O4/c1-13(14-6-7-16(28-2)15(21)12-14)22-17(25)8-11-24-18(26)20(23-19(24)27)9-4-3-5-10-20/h6-7,12-13H,3-5,8-11H2,1-2H3,(H,22,25)(H,23,27). The topological polar surface area (TPSA) is 87.7 Å². The summed E-state index contributed by atoms with van der Waals surface area (Å²) in [5, 5.41) is 5.60. The summed E-state index contributed by atoms with van der Waals surface area (Å²) in [6, 6.07) is 3.65. The maximum Gasteiger partial charge on any atom is 0.325 e. The molecule has 4 amide bonds. The van der Waals surface area contributed by atoms with E-state index in [0.29, 0.717) is 18.4 Å². The number of hydrogen-bond acceptors (Lipinski definition) is 4. The van der Waals surface area contributed by atoms with Gasteiger partial charge in [0.2, 0.25) is 5.91 Å². The van der Waals surface area contributed by atoms with Crippen molar-refractivity contribution in [2.45, 2.75) is 57.0 Å². The lowest BCUT2D eigenvalue weighted by Crippen LogP contribution is -2.48. The third kappa shape index (κ3) is 3.95. The second kappa shape index (κ2) is 8.16. The van der Waals surface area contributed by atoms with Gasteiger partial charge in [-0.3, -0.25) is 14.5 Å². The third-order valence-electron chi connectivity index (χ3n) is 5.57. The Kier molecular flexibility index (Phi) is 5.86. The van der Waals surface area contributed by atoms with E-state index in [1.165, 1.54) is 19.2 Å². The lowest BCUT2D eigenvalue weighted by atomic mass is 9.82. The Balaban J connectivity index is 1.54. The molecule has 2 fully saturated rings. The van der Waals surface area contributed by atoms with E-state index in [2.05, 4.69) is 10.6 Å². The monoisotopic (exact) mass is 391 g/mol. The van der Waals surface area contributed by atoms with Crippen LogP contribution in [0.25, 0.3) is 0 Å². The van der Waals surface area contributed by atoms with Crippen LogP contribution in [0.5, 0.6) is 5.75 Å². The van der Waals surface area contributed by atoms with Crippen LogP contribution in [-0.2, 0) is 9.59 Å². The fourth-order valence-corrected chi connectivity index (χ4v) is 3.94. The number of imide groups is 1. The molecule has 1 aromatic carbocycles. The highest BCUT2D eigenvalue weighted by atomic mass is 19.1. The number of hydrogen-bond donors (Lipinski definition) is 2. The van der Waals surface area contributed by atoms with Crippen LogP contribution < -0.4 is 15.4 Å². The normalized spacial score (nSPS) is 19.5. The number of rotatable bonds is 6. The molecule has 1 spiro atoms. The summed E-state index contributed by atoms with van der Waals surface area (Å²) in [4.78, 5) is 38.3. The molecule has 2 N–H and O–H groups in total. The molecule has 1 aromatic rings. The Morgan fingerprint density at radius 2 is 2.04 bits per heavy atom. The SMILES string of the molecule is COc1ccc(C(C)NC(=O)CCN2C(=O)NC3(CCCCC3)C2=O)cc1F. The lowest BCUT2D eigenvalue weighted by molar-refractivity contribution is -0.132. The molecular weight excluding hydrogens is 365 g/mol. The number of benzene rings is 1. The molecular formula is C20H26FN3O4. The highest BCUT2D eigenvalue weighted by molar-refractivity contribution is 6.07. The summed E-state index contributed by atoms with van der Waals surface area (Å²) in [7, 11) is 1.39. The fraction of sp³-hybridized carbons (Fsp3) is 0.550. The van der Waals surface area contributed by atoms with Gasteiger partial charge in [0.15, 0.2) is 11.6 Å². The number of nitrogens with one attached hydrogen (secondary N) is 2. The highest BCUT2D eigenvalue weighted by Crippen LogP contribution is 2.33. The number of urea groups is 1. The number of amides is 4. The summed E-state index contributed by atoms with van der Waals surface area (Å²) in [5.74, 6) is -0.903. The maximum absolute atomic E-state index is 13.8. The van der Waals surface area contributed by atoms with Gasteiger partial charge in [-0.05, 0) is 37.5 Å². The van der Waals surface area contributed by atoms with Gasteiger partial charge in [0, 0.05) is 13.0 Å². The minimum Gasteiger partial charge on any atom is -0.494 e. The summed E-state index contributed by atoms with van der Waals surface area (Å²) < 4.78 is 18.7. The Morgan fingerprint density at radius 3 is 2.68 bits per heavy atom. The Morgan fingerprint density at radius 1 is 1.32 bits per heavy atom. The zero-order valence-corrected chi connectivity index (χ0v) is 16.2. The van der Waals surface area contributed by atoms with Crippen LogP contribution in [0, 0.1) is 5.82 Å². The van der Waals surface area contributed by atoms with Gasteiger partial charge in [0.1, 0.15) is 5.54 Å². The molecule has 3 rings (SSSR count). The first-order chi connectivity index (χ1) is 13.4. The van der Waals surface area contributed by atoms with Crippen LogP contribution in [0.2, 0.25) is 0 Å². The van der Waals surface area contributed by atoms with Crippen LogP contribution in [0.1, 0.15) is 57.1 Å². The summed E-state index contributed by atoms with van der Waals surface area (Å²) in [5.41, 5.74) is -0.178. The van der Waals surface area contributed by atoms with E-state index in [0.717, 1.165) is 24.2 Å². The number of carbonyl (C=O) groups excluding carboxylic acids is 3. The second-order valence-electron chi connectivity index (χ2n) is 7.46. The van der Waals surface area contributed by atoms with Crippen molar-refractivity contribution < 1.29 is 23.5 Å². The van der Waals surface area contributed by atoms with E-state index in [1.807, 2.05) is 0 Å². The molecule has 152 valence electrons. The number of halogens is 1. The van der Waals surface area contributed by atoms with Crippen molar-refractivity contribution in [2.75, 3.05) is 13.7 Å². The summed E-state index contributed by atoms with van der Waals surface area (Å²) in [6.07, 6.45) is 4.20. The van der Waals surface area contributed by atoms with E-state index in [-0.39, 0.29) is 30.5 Å². The first kappa shape index (κ1) is 20.1. The number of methoxy groups -OCH3 is 1. The predicted molar refractivity (Wildman–Crippen MR) is 100 cm³/mol. The lowest BCUT2D eigenvalue weighted by Gasteiger charge is -2.30. The van der Waals surface area contributed by atoms with E-state index >= 15 is 0 Å². The molecule has 28 heavy (non-hydrogen) atoms. The molecule has 0 aromatic heterocycles. The molecule has 1 saturated heterocycles. The maximum atomic E-state index is 13.8. The quantitative estimate of drug-likeness (QED) is 0.730. The van der Waals surface area contributed by atoms with Crippen LogP contribution in [0.15, 0.2) is 18.2 Å². The van der Waals surface area contributed by atoms with Crippen molar-refractivity contribution in [2.24, 2.45) is 0 Å². The van der Waals surface area contributed by atoms with Gasteiger partial charge in [0.05, 0.1) is 13.2 Å². The van der Waals surface area contributed by atoms with Gasteiger partial charge in [0.25, 0.3) is 5.91 Å². The molecule has 7 nitrogen and oxygen atoms in total. The van der Waals surface area contributed by atoms with Gasteiger partial charge >= 0.3 is 6.03 Å². The van der Waals surface area contributed by atoms with Crippen molar-refractivity contribution in [3.63, 3.8) is 0 Å². The zero-order chi connectivity index (χ0) is 20.3. The minimum absolute atomic E-state index is 0.00177. The first-order valence-corrected chi connectivity index (χ1v) is 9.63.